The summed E-state index contributed by atoms with van der Waals surface area (Å²) < 4.78 is 10.9. The Labute approximate surface area is 186 Å². The molecule has 1 aromatic heterocycles. The van der Waals surface area contributed by atoms with E-state index in [1.54, 1.807) is 7.11 Å². The molecule has 8 heteroatoms. The monoisotopic (exact) mass is 436 g/mol. The van der Waals surface area contributed by atoms with Crippen LogP contribution in [0, 0.1) is 5.92 Å². The number of nitrogens with one attached hydrogen (secondary N) is 2. The SMILES string of the molecule is CCOc1ccc(CNC(=O)[C@@H]2CCCN(c3nc4ccccc4[nH]c3=O)C2)cc1OC. The van der Waals surface area contributed by atoms with Gasteiger partial charge in [0.1, 0.15) is 0 Å². The first-order chi connectivity index (χ1) is 15.6. The molecule has 0 bridgehead atoms. The van der Waals surface area contributed by atoms with Crippen LogP contribution in [0.3, 0.4) is 0 Å². The molecule has 1 amide bonds. The number of hydrogen-bond donors (Lipinski definition) is 2. The Hall–Kier alpha value is -3.55. The minimum absolute atomic E-state index is 0.0280. The fourth-order valence-corrected chi connectivity index (χ4v) is 4.05. The van der Waals surface area contributed by atoms with Crippen molar-refractivity contribution in [2.75, 3.05) is 31.7 Å². The van der Waals surface area contributed by atoms with Gasteiger partial charge in [0, 0.05) is 19.6 Å². The van der Waals surface area contributed by atoms with E-state index in [9.17, 15) is 9.59 Å². The number of fused-ring (bicyclic) bond motifs is 1. The van der Waals surface area contributed by atoms with Gasteiger partial charge in [0.05, 0.1) is 30.7 Å². The summed E-state index contributed by atoms with van der Waals surface area (Å²) in [5.41, 5.74) is 2.14. The van der Waals surface area contributed by atoms with Crippen LogP contribution in [0.2, 0.25) is 0 Å². The van der Waals surface area contributed by atoms with Gasteiger partial charge in [-0.1, -0.05) is 18.2 Å². The summed E-state index contributed by atoms with van der Waals surface area (Å²) in [6.45, 7) is 4.04. The summed E-state index contributed by atoms with van der Waals surface area (Å²) in [5.74, 6) is 1.46. The lowest BCUT2D eigenvalue weighted by Gasteiger charge is -2.32. The average Bonchev–Trinajstić information content (AvgIpc) is 2.83. The van der Waals surface area contributed by atoms with Crippen molar-refractivity contribution in [2.45, 2.75) is 26.3 Å². The number of rotatable bonds is 7. The fourth-order valence-electron chi connectivity index (χ4n) is 4.05. The topological polar surface area (TPSA) is 96.5 Å². The number of piperidine rings is 1. The van der Waals surface area contributed by atoms with Gasteiger partial charge >= 0.3 is 0 Å². The average molecular weight is 437 g/mol. The molecule has 32 heavy (non-hydrogen) atoms. The Morgan fingerprint density at radius 2 is 2.09 bits per heavy atom. The van der Waals surface area contributed by atoms with Crippen molar-refractivity contribution in [2.24, 2.45) is 5.92 Å². The molecule has 4 rings (SSSR count). The predicted molar refractivity (Wildman–Crippen MR) is 123 cm³/mol. The number of benzene rings is 2. The van der Waals surface area contributed by atoms with Crippen molar-refractivity contribution in [3.63, 3.8) is 0 Å². The number of methoxy groups -OCH3 is 1. The number of aromatic amines is 1. The molecule has 0 aliphatic carbocycles. The van der Waals surface area contributed by atoms with Gasteiger partial charge < -0.3 is 24.7 Å². The van der Waals surface area contributed by atoms with E-state index in [1.807, 2.05) is 54.3 Å². The number of anilines is 1. The molecular weight excluding hydrogens is 408 g/mol. The summed E-state index contributed by atoms with van der Waals surface area (Å²) in [7, 11) is 1.60. The van der Waals surface area contributed by atoms with E-state index in [2.05, 4.69) is 15.3 Å². The molecule has 0 unspecified atom stereocenters. The van der Waals surface area contributed by atoms with Crippen LogP contribution >= 0.6 is 0 Å². The van der Waals surface area contributed by atoms with Gasteiger partial charge in [0.2, 0.25) is 5.91 Å². The molecule has 1 aliphatic rings. The normalized spacial score (nSPS) is 16.1. The molecule has 2 N–H and O–H groups in total. The zero-order valence-electron chi connectivity index (χ0n) is 18.4. The van der Waals surface area contributed by atoms with E-state index in [-0.39, 0.29) is 17.4 Å². The quantitative estimate of drug-likeness (QED) is 0.591. The molecule has 1 fully saturated rings. The van der Waals surface area contributed by atoms with Crippen molar-refractivity contribution in [3.05, 3.63) is 58.4 Å². The van der Waals surface area contributed by atoms with Gasteiger partial charge in [0.15, 0.2) is 17.3 Å². The molecular formula is C24H28N4O4. The number of hydrogen-bond acceptors (Lipinski definition) is 6. The Morgan fingerprint density at radius 1 is 1.25 bits per heavy atom. The molecule has 1 saturated heterocycles. The second-order valence-electron chi connectivity index (χ2n) is 7.83. The van der Waals surface area contributed by atoms with Gasteiger partial charge in [-0.25, -0.2) is 4.98 Å². The van der Waals surface area contributed by atoms with Crippen molar-refractivity contribution in [3.8, 4) is 11.5 Å². The predicted octanol–water partition coefficient (Wildman–Crippen LogP) is 2.86. The highest BCUT2D eigenvalue weighted by atomic mass is 16.5. The van der Waals surface area contributed by atoms with E-state index >= 15 is 0 Å². The minimum Gasteiger partial charge on any atom is -0.493 e. The zero-order chi connectivity index (χ0) is 22.5. The van der Waals surface area contributed by atoms with Crippen LogP contribution in [0.4, 0.5) is 5.82 Å². The van der Waals surface area contributed by atoms with E-state index in [0.717, 1.165) is 23.9 Å². The minimum atomic E-state index is -0.230. The van der Waals surface area contributed by atoms with Gasteiger partial charge in [-0.05, 0) is 49.6 Å². The summed E-state index contributed by atoms with van der Waals surface area (Å²) in [5, 5.41) is 3.02. The number of H-pyrrole nitrogens is 1. The summed E-state index contributed by atoms with van der Waals surface area (Å²) in [6, 6.07) is 13.1. The first-order valence-electron chi connectivity index (χ1n) is 10.9. The van der Waals surface area contributed by atoms with Gasteiger partial charge in [-0.15, -0.1) is 0 Å². The third kappa shape index (κ3) is 4.69. The third-order valence-electron chi connectivity index (χ3n) is 5.67. The number of para-hydroxylation sites is 2. The van der Waals surface area contributed by atoms with Crippen LogP contribution in [0.1, 0.15) is 25.3 Å². The summed E-state index contributed by atoms with van der Waals surface area (Å²) in [4.78, 5) is 34.8. The fraction of sp³-hybridized carbons (Fsp3) is 0.375. The van der Waals surface area contributed by atoms with E-state index in [4.69, 9.17) is 9.47 Å². The first kappa shape index (κ1) is 21.7. The summed E-state index contributed by atoms with van der Waals surface area (Å²) >= 11 is 0. The Kier molecular flexibility index (Phi) is 6.58. The van der Waals surface area contributed by atoms with E-state index in [1.165, 1.54) is 0 Å². The van der Waals surface area contributed by atoms with Gasteiger partial charge in [-0.2, -0.15) is 0 Å². The number of ether oxygens (including phenoxy) is 2. The van der Waals surface area contributed by atoms with Crippen LogP contribution in [0.25, 0.3) is 11.0 Å². The Balaban J connectivity index is 1.42. The maximum atomic E-state index is 12.9. The first-order valence-corrected chi connectivity index (χ1v) is 10.9. The zero-order valence-corrected chi connectivity index (χ0v) is 18.4. The van der Waals surface area contributed by atoms with Crippen molar-refractivity contribution < 1.29 is 14.3 Å². The van der Waals surface area contributed by atoms with Crippen LogP contribution in [0.15, 0.2) is 47.3 Å². The second-order valence-corrected chi connectivity index (χ2v) is 7.83. The maximum absolute atomic E-state index is 12.9. The second kappa shape index (κ2) is 9.72. The largest absolute Gasteiger partial charge is 0.493 e. The molecule has 2 aromatic carbocycles. The van der Waals surface area contributed by atoms with Crippen molar-refractivity contribution in [1.82, 2.24) is 15.3 Å². The smallest absolute Gasteiger partial charge is 0.291 e. The molecule has 0 saturated carbocycles. The molecule has 0 radical (unpaired) electrons. The number of nitrogens with zero attached hydrogens (tertiary/aromatic N) is 2. The Bertz CT molecular complexity index is 1160. The van der Waals surface area contributed by atoms with Crippen molar-refractivity contribution in [1.29, 1.82) is 0 Å². The van der Waals surface area contributed by atoms with Crippen LogP contribution in [0.5, 0.6) is 11.5 Å². The number of carbonyl (C=O) groups excluding carboxylic acids is 1. The number of amides is 1. The van der Waals surface area contributed by atoms with Crippen LogP contribution < -0.4 is 25.2 Å². The highest BCUT2D eigenvalue weighted by Gasteiger charge is 2.28. The van der Waals surface area contributed by atoms with E-state index < -0.39 is 0 Å². The molecule has 1 aliphatic heterocycles. The van der Waals surface area contributed by atoms with Crippen molar-refractivity contribution >= 4 is 22.8 Å². The molecule has 8 nitrogen and oxygen atoms in total. The molecule has 1 atom stereocenters. The van der Waals surface area contributed by atoms with Crippen LogP contribution in [-0.2, 0) is 11.3 Å². The molecule has 3 aromatic rings. The van der Waals surface area contributed by atoms with Gasteiger partial charge in [-0.3, -0.25) is 9.59 Å². The van der Waals surface area contributed by atoms with Crippen LogP contribution in [-0.4, -0.2) is 42.7 Å². The highest BCUT2D eigenvalue weighted by Crippen LogP contribution is 2.28. The van der Waals surface area contributed by atoms with E-state index in [0.29, 0.717) is 49.1 Å². The lowest BCUT2D eigenvalue weighted by molar-refractivity contribution is -0.125. The third-order valence-corrected chi connectivity index (χ3v) is 5.67. The number of carbonyl (C=O) groups is 1. The number of aromatic nitrogens is 2. The Morgan fingerprint density at radius 3 is 2.91 bits per heavy atom. The van der Waals surface area contributed by atoms with Gasteiger partial charge in [0.25, 0.3) is 5.56 Å². The molecule has 168 valence electrons. The highest BCUT2D eigenvalue weighted by molar-refractivity contribution is 5.80. The molecule has 0 spiro atoms. The lowest BCUT2D eigenvalue weighted by Crippen LogP contribution is -2.44. The molecule has 2 heterocycles. The maximum Gasteiger partial charge on any atom is 0.291 e. The standard InChI is InChI=1S/C24H28N4O4/c1-3-32-20-11-10-16(13-21(20)31-2)14-25-23(29)17-7-6-12-28(15-17)22-24(30)27-19-9-5-4-8-18(19)26-22/h4-5,8-11,13,17H,3,6-7,12,14-15H2,1-2H3,(H,25,29)(H,27,30)/t17-/m1/s1. The lowest BCUT2D eigenvalue weighted by atomic mass is 9.97. The summed E-state index contributed by atoms with van der Waals surface area (Å²) in [6.07, 6.45) is 1.60.